The van der Waals surface area contributed by atoms with E-state index in [2.05, 4.69) is 27.8 Å². The Morgan fingerprint density at radius 2 is 1.97 bits per heavy atom. The topological polar surface area (TPSA) is 89.2 Å². The van der Waals surface area contributed by atoms with Crippen LogP contribution in [0.15, 0.2) is 46.5 Å². The van der Waals surface area contributed by atoms with Gasteiger partial charge < -0.3 is 10.2 Å². The van der Waals surface area contributed by atoms with Crippen molar-refractivity contribution in [2.45, 2.75) is 51.2 Å². The maximum atomic E-state index is 13.2. The fraction of sp³-hybridized carbons (Fsp3) is 0.417. The minimum atomic E-state index is -0.537. The van der Waals surface area contributed by atoms with Crippen molar-refractivity contribution >= 4 is 32.7 Å². The summed E-state index contributed by atoms with van der Waals surface area (Å²) >= 11 is 1.30. The summed E-state index contributed by atoms with van der Waals surface area (Å²) in [5.41, 5.74) is 1.74. The van der Waals surface area contributed by atoms with Crippen LogP contribution in [0.2, 0.25) is 0 Å². The zero-order chi connectivity index (χ0) is 22.9. The first-order valence-electron chi connectivity index (χ1n) is 11.4. The number of piperidine rings is 1. The highest BCUT2D eigenvalue weighted by atomic mass is 32.1. The van der Waals surface area contributed by atoms with Gasteiger partial charge in [-0.3, -0.25) is 18.7 Å². The molecule has 172 valence electrons. The lowest BCUT2D eigenvalue weighted by molar-refractivity contribution is -0.122. The molecule has 1 fully saturated rings. The monoisotopic (exact) mass is 465 g/mol. The van der Waals surface area contributed by atoms with E-state index in [4.69, 9.17) is 0 Å². The minimum absolute atomic E-state index is 0.0710. The molecule has 1 saturated heterocycles. The molecule has 1 aliphatic heterocycles. The second-order valence-corrected chi connectivity index (χ2v) is 9.61. The largest absolute Gasteiger partial charge is 0.348 e. The molecule has 8 nitrogen and oxygen atoms in total. The van der Waals surface area contributed by atoms with E-state index in [0.717, 1.165) is 54.0 Å². The number of nitrogens with one attached hydrogen (secondary N) is 1. The van der Waals surface area contributed by atoms with E-state index in [1.807, 2.05) is 18.2 Å². The van der Waals surface area contributed by atoms with Crippen LogP contribution in [0.1, 0.15) is 42.9 Å². The Labute approximate surface area is 195 Å². The number of rotatable bonds is 6. The molecule has 0 bridgehead atoms. The van der Waals surface area contributed by atoms with Gasteiger partial charge in [0.15, 0.2) is 10.8 Å². The van der Waals surface area contributed by atoms with Gasteiger partial charge in [-0.1, -0.05) is 41.7 Å². The number of thiazole rings is 1. The number of hydrogen-bond acceptors (Lipinski definition) is 6. The first kappa shape index (κ1) is 21.6. The summed E-state index contributed by atoms with van der Waals surface area (Å²) < 4.78 is 2.86. The van der Waals surface area contributed by atoms with Gasteiger partial charge in [-0.25, -0.2) is 9.78 Å². The number of nitrogens with zero attached hydrogens (tertiary/aromatic N) is 4. The molecule has 1 atom stereocenters. The molecule has 5 rings (SSSR count). The van der Waals surface area contributed by atoms with Gasteiger partial charge in [0.1, 0.15) is 11.2 Å². The number of fused-ring (bicyclic) bond motifs is 2. The Balaban J connectivity index is 1.50. The van der Waals surface area contributed by atoms with Crippen LogP contribution in [0.25, 0.3) is 10.3 Å². The average Bonchev–Trinajstić information content (AvgIpc) is 3.45. The van der Waals surface area contributed by atoms with Crippen molar-refractivity contribution in [3.05, 3.63) is 68.9 Å². The standard InChI is InChI=1S/C24H27N5O3S/c1-2-12-28-22(31)20-21(26-23(33-20)27-13-6-3-7-14-27)29(24(28)32)15-19(30)25-18-11-10-16-8-4-5-9-17(16)18/h2,4-5,8-9,18H,1,3,6-7,10-15H2,(H,25,30). The van der Waals surface area contributed by atoms with Gasteiger partial charge in [-0.05, 0) is 43.2 Å². The van der Waals surface area contributed by atoms with Gasteiger partial charge in [-0.2, -0.15) is 0 Å². The van der Waals surface area contributed by atoms with Gasteiger partial charge in [-0.15, -0.1) is 6.58 Å². The Bertz CT molecular complexity index is 1330. The quantitative estimate of drug-likeness (QED) is 0.566. The van der Waals surface area contributed by atoms with Crippen molar-refractivity contribution in [1.29, 1.82) is 0 Å². The third-order valence-electron chi connectivity index (χ3n) is 6.46. The van der Waals surface area contributed by atoms with Crippen LogP contribution < -0.4 is 21.5 Å². The molecule has 1 unspecified atom stereocenters. The first-order chi connectivity index (χ1) is 16.1. The molecule has 9 heteroatoms. The van der Waals surface area contributed by atoms with E-state index in [0.29, 0.717) is 4.70 Å². The maximum Gasteiger partial charge on any atom is 0.333 e. The van der Waals surface area contributed by atoms with Crippen LogP contribution in [-0.2, 0) is 24.3 Å². The molecular weight excluding hydrogens is 438 g/mol. The number of benzene rings is 1. The van der Waals surface area contributed by atoms with Crippen LogP contribution >= 0.6 is 11.3 Å². The van der Waals surface area contributed by atoms with Crippen molar-refractivity contribution in [2.75, 3.05) is 18.0 Å². The first-order valence-corrected chi connectivity index (χ1v) is 12.3. The number of carbonyl (C=O) groups is 1. The minimum Gasteiger partial charge on any atom is -0.348 e. The lowest BCUT2D eigenvalue weighted by Crippen LogP contribution is -2.42. The number of aryl methyl sites for hydroxylation is 1. The zero-order valence-corrected chi connectivity index (χ0v) is 19.3. The summed E-state index contributed by atoms with van der Waals surface area (Å²) in [5, 5.41) is 3.80. The zero-order valence-electron chi connectivity index (χ0n) is 18.5. The van der Waals surface area contributed by atoms with Crippen molar-refractivity contribution < 1.29 is 4.79 Å². The summed E-state index contributed by atoms with van der Waals surface area (Å²) in [5.74, 6) is -0.267. The van der Waals surface area contributed by atoms with E-state index in [-0.39, 0.29) is 36.2 Å². The smallest absolute Gasteiger partial charge is 0.333 e. The molecule has 33 heavy (non-hydrogen) atoms. The lowest BCUT2D eigenvalue weighted by atomic mass is 10.1. The van der Waals surface area contributed by atoms with E-state index >= 15 is 0 Å². The second-order valence-electron chi connectivity index (χ2n) is 8.63. The Morgan fingerprint density at radius 3 is 2.76 bits per heavy atom. The lowest BCUT2D eigenvalue weighted by Gasteiger charge is -2.25. The van der Waals surface area contributed by atoms with Gasteiger partial charge in [0.2, 0.25) is 5.91 Å². The SMILES string of the molecule is C=CCn1c(=O)c2sc(N3CCCCC3)nc2n(CC(=O)NC2CCc3ccccc32)c1=O. The summed E-state index contributed by atoms with van der Waals surface area (Å²) in [6.45, 7) is 5.33. The highest BCUT2D eigenvalue weighted by molar-refractivity contribution is 7.22. The van der Waals surface area contributed by atoms with Crippen molar-refractivity contribution in [1.82, 2.24) is 19.4 Å². The van der Waals surface area contributed by atoms with E-state index in [9.17, 15) is 14.4 Å². The Kier molecular flexibility index (Phi) is 5.88. The van der Waals surface area contributed by atoms with Crippen LogP contribution in [0.4, 0.5) is 5.13 Å². The average molecular weight is 466 g/mol. The molecule has 1 aliphatic carbocycles. The van der Waals surface area contributed by atoms with Gasteiger partial charge in [0, 0.05) is 19.6 Å². The predicted molar refractivity (Wildman–Crippen MR) is 130 cm³/mol. The van der Waals surface area contributed by atoms with Gasteiger partial charge in [0.25, 0.3) is 5.56 Å². The summed E-state index contributed by atoms with van der Waals surface area (Å²) in [4.78, 5) is 46.1. The molecule has 0 spiro atoms. The summed E-state index contributed by atoms with van der Waals surface area (Å²) in [6.07, 6.45) is 6.61. The maximum absolute atomic E-state index is 13.2. The highest BCUT2D eigenvalue weighted by Gasteiger charge is 2.26. The molecular formula is C24H27N5O3S. The number of carbonyl (C=O) groups excluding carboxylic acids is 1. The summed E-state index contributed by atoms with van der Waals surface area (Å²) in [7, 11) is 0. The number of amides is 1. The van der Waals surface area contributed by atoms with Crippen molar-refractivity contribution in [3.8, 4) is 0 Å². The number of aromatic nitrogens is 3. The van der Waals surface area contributed by atoms with Crippen LogP contribution in [0.3, 0.4) is 0 Å². The molecule has 0 radical (unpaired) electrons. The fourth-order valence-electron chi connectivity index (χ4n) is 4.81. The fourth-order valence-corrected chi connectivity index (χ4v) is 5.88. The molecule has 1 amide bonds. The van der Waals surface area contributed by atoms with Crippen molar-refractivity contribution in [2.24, 2.45) is 0 Å². The highest BCUT2D eigenvalue weighted by Crippen LogP contribution is 2.31. The molecule has 1 aromatic carbocycles. The van der Waals surface area contributed by atoms with E-state index < -0.39 is 5.69 Å². The molecule has 1 N–H and O–H groups in total. The molecule has 0 saturated carbocycles. The normalized spacial score (nSPS) is 17.8. The van der Waals surface area contributed by atoms with E-state index in [1.54, 1.807) is 0 Å². The predicted octanol–water partition coefficient (Wildman–Crippen LogP) is 2.60. The van der Waals surface area contributed by atoms with Crippen molar-refractivity contribution in [3.63, 3.8) is 0 Å². The third-order valence-corrected chi connectivity index (χ3v) is 7.56. The molecule has 2 aliphatic rings. The molecule has 2 aromatic heterocycles. The van der Waals surface area contributed by atoms with Crippen LogP contribution in [0, 0.1) is 0 Å². The third kappa shape index (κ3) is 4.01. The number of anilines is 1. The number of allylic oxidation sites excluding steroid dienone is 1. The summed E-state index contributed by atoms with van der Waals surface area (Å²) in [6, 6.07) is 8.02. The molecule has 3 heterocycles. The van der Waals surface area contributed by atoms with Crippen LogP contribution in [-0.4, -0.2) is 33.1 Å². The second kappa shape index (κ2) is 8.97. The Morgan fingerprint density at radius 1 is 1.18 bits per heavy atom. The Hall–Kier alpha value is -3.20. The molecule has 3 aromatic rings. The van der Waals surface area contributed by atoms with Crippen LogP contribution in [0.5, 0.6) is 0 Å². The number of hydrogen-bond donors (Lipinski definition) is 1. The van der Waals surface area contributed by atoms with Gasteiger partial charge >= 0.3 is 5.69 Å². The van der Waals surface area contributed by atoms with E-state index in [1.165, 1.54) is 34.0 Å². The van der Waals surface area contributed by atoms with Gasteiger partial charge in [0.05, 0.1) is 6.04 Å².